The second-order valence-corrected chi connectivity index (χ2v) is 5.11. The summed E-state index contributed by atoms with van der Waals surface area (Å²) in [5.41, 5.74) is -0.864. The van der Waals surface area contributed by atoms with Gasteiger partial charge < -0.3 is 14.8 Å². The molecule has 1 aromatic carbocycles. The Kier molecular flexibility index (Phi) is 5.30. The minimum atomic E-state index is -3.17. The Labute approximate surface area is 130 Å². The summed E-state index contributed by atoms with van der Waals surface area (Å²) in [7, 11) is 1.19. The number of hydrogen-bond donors (Lipinski definition) is 1. The molecule has 0 atom stereocenters. The van der Waals surface area contributed by atoms with Crippen molar-refractivity contribution in [1.29, 1.82) is 0 Å². The normalized spacial score (nSPS) is 14.8. The quantitative estimate of drug-likeness (QED) is 0.640. The number of nitro groups is 1. The summed E-state index contributed by atoms with van der Waals surface area (Å²) in [6.45, 7) is -3.17. The predicted octanol–water partition coefficient (Wildman–Crippen LogP) is 2.88. The second-order valence-electron chi connectivity index (χ2n) is 5.11. The van der Waals surface area contributed by atoms with Crippen molar-refractivity contribution in [3.8, 4) is 11.5 Å². The van der Waals surface area contributed by atoms with Gasteiger partial charge in [-0.25, -0.2) is 0 Å². The number of nitrogens with zero attached hydrogens (tertiary/aromatic N) is 1. The third kappa shape index (κ3) is 4.05. The number of carbonyl (C=O) groups is 1. The van der Waals surface area contributed by atoms with E-state index in [1.54, 1.807) is 0 Å². The van der Waals surface area contributed by atoms with Gasteiger partial charge in [0.25, 0.3) is 11.6 Å². The number of amides is 1. The van der Waals surface area contributed by atoms with Crippen LogP contribution in [0.25, 0.3) is 0 Å². The highest BCUT2D eigenvalue weighted by Gasteiger charge is 2.27. The van der Waals surface area contributed by atoms with Gasteiger partial charge in [-0.3, -0.25) is 14.9 Å². The first kappa shape index (κ1) is 16.9. The molecule has 9 heteroatoms. The highest BCUT2D eigenvalue weighted by atomic mass is 19.3. The van der Waals surface area contributed by atoms with Crippen LogP contribution in [-0.4, -0.2) is 30.6 Å². The van der Waals surface area contributed by atoms with Crippen molar-refractivity contribution in [1.82, 2.24) is 5.32 Å². The molecular formula is C14H16F2N2O5. The molecule has 0 saturated heterocycles. The van der Waals surface area contributed by atoms with E-state index in [1.807, 2.05) is 0 Å². The van der Waals surface area contributed by atoms with Gasteiger partial charge >= 0.3 is 6.61 Å². The van der Waals surface area contributed by atoms with Crippen molar-refractivity contribution in [2.24, 2.45) is 0 Å². The molecule has 1 aliphatic carbocycles. The number of alkyl halides is 2. The Morgan fingerprint density at radius 3 is 2.52 bits per heavy atom. The van der Waals surface area contributed by atoms with Gasteiger partial charge in [0.1, 0.15) is 5.56 Å². The number of benzene rings is 1. The molecule has 7 nitrogen and oxygen atoms in total. The van der Waals surface area contributed by atoms with Gasteiger partial charge in [-0.15, -0.1) is 0 Å². The number of ether oxygens (including phenoxy) is 2. The largest absolute Gasteiger partial charge is 0.493 e. The summed E-state index contributed by atoms with van der Waals surface area (Å²) in [5.74, 6) is -1.30. The van der Waals surface area contributed by atoms with E-state index in [9.17, 15) is 23.7 Å². The lowest BCUT2D eigenvalue weighted by atomic mass is 10.1. The SMILES string of the molecule is COc1cc(C(=O)NC2CCCC2)c([N+](=O)[O-])cc1OC(F)F. The smallest absolute Gasteiger partial charge is 0.387 e. The summed E-state index contributed by atoms with van der Waals surface area (Å²) in [6, 6.07) is 1.78. The molecule has 1 amide bonds. The van der Waals surface area contributed by atoms with E-state index in [0.29, 0.717) is 0 Å². The molecule has 1 aromatic rings. The number of hydrogen-bond acceptors (Lipinski definition) is 5. The van der Waals surface area contributed by atoms with Gasteiger partial charge in [0.05, 0.1) is 18.1 Å². The molecule has 1 saturated carbocycles. The van der Waals surface area contributed by atoms with E-state index in [0.717, 1.165) is 37.8 Å². The second kappa shape index (κ2) is 7.21. The van der Waals surface area contributed by atoms with Crippen LogP contribution in [0, 0.1) is 10.1 Å². The standard InChI is InChI=1S/C14H16F2N2O5/c1-22-11-6-9(13(19)17-8-4-2-3-5-8)10(18(20)21)7-12(11)23-14(15)16/h6-8,14H,2-5H2,1H3,(H,17,19). The first-order valence-electron chi connectivity index (χ1n) is 7.04. The van der Waals surface area contributed by atoms with Crippen molar-refractivity contribution in [3.63, 3.8) is 0 Å². The molecule has 0 aromatic heterocycles. The average Bonchev–Trinajstić information content (AvgIpc) is 2.98. The van der Waals surface area contributed by atoms with E-state index in [-0.39, 0.29) is 17.4 Å². The van der Waals surface area contributed by atoms with Gasteiger partial charge in [-0.05, 0) is 12.8 Å². The zero-order valence-corrected chi connectivity index (χ0v) is 12.4. The summed E-state index contributed by atoms with van der Waals surface area (Å²) in [6.07, 6.45) is 3.58. The van der Waals surface area contributed by atoms with Crippen molar-refractivity contribution < 1.29 is 28.0 Å². The van der Waals surface area contributed by atoms with Crippen LogP contribution in [0.1, 0.15) is 36.0 Å². The maximum absolute atomic E-state index is 12.4. The summed E-state index contributed by atoms with van der Waals surface area (Å²) in [4.78, 5) is 22.6. The highest BCUT2D eigenvalue weighted by Crippen LogP contribution is 2.35. The van der Waals surface area contributed by atoms with Crippen LogP contribution in [-0.2, 0) is 0 Å². The van der Waals surface area contributed by atoms with Crippen LogP contribution in [0.5, 0.6) is 11.5 Å². The molecule has 126 valence electrons. The van der Waals surface area contributed by atoms with Gasteiger partial charge in [-0.1, -0.05) is 12.8 Å². The zero-order valence-electron chi connectivity index (χ0n) is 12.4. The Morgan fingerprint density at radius 2 is 2.00 bits per heavy atom. The molecule has 23 heavy (non-hydrogen) atoms. The van der Waals surface area contributed by atoms with Gasteiger partial charge in [0, 0.05) is 12.1 Å². The molecule has 0 spiro atoms. The van der Waals surface area contributed by atoms with E-state index in [2.05, 4.69) is 10.1 Å². The lowest BCUT2D eigenvalue weighted by molar-refractivity contribution is -0.385. The Bertz CT molecular complexity index is 603. The third-order valence-electron chi connectivity index (χ3n) is 3.63. The number of methoxy groups -OCH3 is 1. The van der Waals surface area contributed by atoms with Crippen molar-refractivity contribution in [2.75, 3.05) is 7.11 Å². The van der Waals surface area contributed by atoms with Crippen LogP contribution < -0.4 is 14.8 Å². The Morgan fingerprint density at radius 1 is 1.35 bits per heavy atom. The van der Waals surface area contributed by atoms with Gasteiger partial charge in [-0.2, -0.15) is 8.78 Å². The lowest BCUT2D eigenvalue weighted by Crippen LogP contribution is -2.33. The van der Waals surface area contributed by atoms with Crippen molar-refractivity contribution >= 4 is 11.6 Å². The van der Waals surface area contributed by atoms with Crippen LogP contribution in [0.3, 0.4) is 0 Å². The summed E-state index contributed by atoms with van der Waals surface area (Å²) in [5, 5.41) is 13.9. The minimum Gasteiger partial charge on any atom is -0.493 e. The molecule has 1 fully saturated rings. The molecular weight excluding hydrogens is 314 g/mol. The van der Waals surface area contributed by atoms with E-state index in [1.165, 1.54) is 7.11 Å². The van der Waals surface area contributed by atoms with Crippen molar-refractivity contribution in [2.45, 2.75) is 38.3 Å². The number of rotatable bonds is 6. The Balaban J connectivity index is 2.36. The highest BCUT2D eigenvalue weighted by molar-refractivity contribution is 5.99. The summed E-state index contributed by atoms with van der Waals surface area (Å²) >= 11 is 0. The Hall–Kier alpha value is -2.45. The fraction of sp³-hybridized carbons (Fsp3) is 0.500. The van der Waals surface area contributed by atoms with Gasteiger partial charge in [0.15, 0.2) is 11.5 Å². The molecule has 0 aliphatic heterocycles. The van der Waals surface area contributed by atoms with Crippen molar-refractivity contribution in [3.05, 3.63) is 27.8 Å². The molecule has 0 bridgehead atoms. The minimum absolute atomic E-state index is 0.0370. The zero-order chi connectivity index (χ0) is 17.0. The van der Waals surface area contributed by atoms with E-state index in [4.69, 9.17) is 4.74 Å². The third-order valence-corrected chi connectivity index (χ3v) is 3.63. The molecule has 0 heterocycles. The molecule has 0 radical (unpaired) electrons. The number of halogens is 2. The summed E-state index contributed by atoms with van der Waals surface area (Å²) < 4.78 is 33.8. The van der Waals surface area contributed by atoms with Crippen LogP contribution in [0.15, 0.2) is 12.1 Å². The van der Waals surface area contributed by atoms with Crippen LogP contribution in [0.2, 0.25) is 0 Å². The number of nitrogens with one attached hydrogen (secondary N) is 1. The first-order valence-corrected chi connectivity index (χ1v) is 7.04. The van der Waals surface area contributed by atoms with E-state index >= 15 is 0 Å². The maximum Gasteiger partial charge on any atom is 0.387 e. The number of nitro benzene ring substituents is 1. The monoisotopic (exact) mass is 330 g/mol. The lowest BCUT2D eigenvalue weighted by Gasteiger charge is -2.14. The topological polar surface area (TPSA) is 90.7 Å². The van der Waals surface area contributed by atoms with Crippen LogP contribution >= 0.6 is 0 Å². The molecule has 1 aliphatic rings. The fourth-order valence-corrected chi connectivity index (χ4v) is 2.56. The fourth-order valence-electron chi connectivity index (χ4n) is 2.56. The first-order chi connectivity index (χ1) is 10.9. The van der Waals surface area contributed by atoms with Gasteiger partial charge in [0.2, 0.25) is 0 Å². The van der Waals surface area contributed by atoms with E-state index < -0.39 is 28.9 Å². The van der Waals surface area contributed by atoms with Crippen LogP contribution in [0.4, 0.5) is 14.5 Å². The molecule has 2 rings (SSSR count). The predicted molar refractivity (Wildman–Crippen MR) is 76.0 cm³/mol. The maximum atomic E-state index is 12.4. The number of carbonyl (C=O) groups excluding carboxylic acids is 1. The molecule has 0 unspecified atom stereocenters. The average molecular weight is 330 g/mol. The molecule has 1 N–H and O–H groups in total.